The second-order valence-electron chi connectivity index (χ2n) is 5.00. The van der Waals surface area contributed by atoms with Crippen LogP contribution in [0.5, 0.6) is 0 Å². The van der Waals surface area contributed by atoms with Crippen molar-refractivity contribution in [3.63, 3.8) is 0 Å². The third-order valence-electron chi connectivity index (χ3n) is 3.88. The summed E-state index contributed by atoms with van der Waals surface area (Å²) >= 11 is 0. The van der Waals surface area contributed by atoms with Crippen molar-refractivity contribution in [1.82, 2.24) is 4.90 Å². The first-order chi connectivity index (χ1) is 8.11. The lowest BCUT2D eigenvalue weighted by molar-refractivity contribution is 0.190. The van der Waals surface area contributed by atoms with Gasteiger partial charge in [-0.15, -0.1) is 0 Å². The van der Waals surface area contributed by atoms with Crippen LogP contribution in [0.2, 0.25) is 0 Å². The molecule has 0 radical (unpaired) electrons. The Balaban J connectivity index is 2.14. The lowest BCUT2D eigenvalue weighted by atomic mass is 10.1. The Morgan fingerprint density at radius 2 is 2.18 bits per heavy atom. The van der Waals surface area contributed by atoms with Gasteiger partial charge in [-0.3, -0.25) is 4.90 Å². The molecule has 17 heavy (non-hydrogen) atoms. The second kappa shape index (κ2) is 5.05. The predicted octanol–water partition coefficient (Wildman–Crippen LogP) is 3.17. The molecule has 0 aromatic heterocycles. The monoisotopic (exact) mass is 236 g/mol. The van der Waals surface area contributed by atoms with Gasteiger partial charge in [-0.2, -0.15) is 0 Å². The van der Waals surface area contributed by atoms with Crippen LogP contribution in [0.25, 0.3) is 0 Å². The molecule has 1 heterocycles. The molecular weight excluding hydrogens is 215 g/mol. The SMILES string of the molecule is CCC1CCC(C)N1Cc1ccc(F)cc1N. The largest absolute Gasteiger partial charge is 0.398 e. The number of rotatable bonds is 3. The van der Waals surface area contributed by atoms with Gasteiger partial charge in [0.15, 0.2) is 0 Å². The van der Waals surface area contributed by atoms with Crippen molar-refractivity contribution in [2.75, 3.05) is 5.73 Å². The van der Waals surface area contributed by atoms with Gasteiger partial charge in [-0.05, 0) is 43.9 Å². The van der Waals surface area contributed by atoms with E-state index in [0.29, 0.717) is 17.8 Å². The lowest BCUT2D eigenvalue weighted by Crippen LogP contribution is -2.33. The summed E-state index contributed by atoms with van der Waals surface area (Å²) in [5, 5.41) is 0. The summed E-state index contributed by atoms with van der Waals surface area (Å²) in [7, 11) is 0. The van der Waals surface area contributed by atoms with Gasteiger partial charge in [0.2, 0.25) is 0 Å². The topological polar surface area (TPSA) is 29.3 Å². The molecule has 0 saturated carbocycles. The minimum Gasteiger partial charge on any atom is -0.398 e. The van der Waals surface area contributed by atoms with Crippen molar-refractivity contribution in [3.05, 3.63) is 29.6 Å². The number of nitrogens with zero attached hydrogens (tertiary/aromatic N) is 1. The highest BCUT2D eigenvalue weighted by Crippen LogP contribution is 2.29. The highest BCUT2D eigenvalue weighted by atomic mass is 19.1. The van der Waals surface area contributed by atoms with Gasteiger partial charge in [-0.25, -0.2) is 4.39 Å². The fraction of sp³-hybridized carbons (Fsp3) is 0.571. The van der Waals surface area contributed by atoms with Crippen LogP contribution in [0.4, 0.5) is 10.1 Å². The van der Waals surface area contributed by atoms with Crippen LogP contribution in [0.15, 0.2) is 18.2 Å². The molecule has 1 saturated heterocycles. The van der Waals surface area contributed by atoms with Crippen LogP contribution in [0.1, 0.15) is 38.7 Å². The smallest absolute Gasteiger partial charge is 0.125 e. The van der Waals surface area contributed by atoms with Crippen molar-refractivity contribution in [1.29, 1.82) is 0 Å². The van der Waals surface area contributed by atoms with Crippen LogP contribution >= 0.6 is 0 Å². The highest BCUT2D eigenvalue weighted by molar-refractivity contribution is 5.46. The van der Waals surface area contributed by atoms with Crippen molar-refractivity contribution in [2.45, 2.75) is 51.7 Å². The summed E-state index contributed by atoms with van der Waals surface area (Å²) in [6.45, 7) is 5.32. The molecule has 0 aliphatic carbocycles. The number of nitrogen functional groups attached to an aromatic ring is 1. The fourth-order valence-electron chi connectivity index (χ4n) is 2.76. The third-order valence-corrected chi connectivity index (χ3v) is 3.88. The fourth-order valence-corrected chi connectivity index (χ4v) is 2.76. The Hall–Kier alpha value is -1.09. The number of hydrogen-bond acceptors (Lipinski definition) is 2. The summed E-state index contributed by atoms with van der Waals surface area (Å²) in [6.07, 6.45) is 3.68. The van der Waals surface area contributed by atoms with Gasteiger partial charge in [-0.1, -0.05) is 13.0 Å². The lowest BCUT2D eigenvalue weighted by Gasteiger charge is -2.28. The zero-order valence-corrected chi connectivity index (χ0v) is 10.6. The minimum absolute atomic E-state index is 0.257. The summed E-state index contributed by atoms with van der Waals surface area (Å²) in [5.41, 5.74) is 7.47. The molecule has 1 fully saturated rings. The summed E-state index contributed by atoms with van der Waals surface area (Å²) in [4.78, 5) is 2.49. The van der Waals surface area contributed by atoms with Crippen LogP contribution in [-0.2, 0) is 6.54 Å². The molecule has 3 heteroatoms. The van der Waals surface area contributed by atoms with E-state index in [9.17, 15) is 4.39 Å². The van der Waals surface area contributed by atoms with Crippen LogP contribution in [0.3, 0.4) is 0 Å². The average Bonchev–Trinajstić information content (AvgIpc) is 2.64. The molecule has 1 aliphatic rings. The molecule has 2 rings (SSSR count). The van der Waals surface area contributed by atoms with E-state index in [4.69, 9.17) is 5.73 Å². The first kappa shape index (κ1) is 12.4. The Labute approximate surface area is 103 Å². The quantitative estimate of drug-likeness (QED) is 0.817. The minimum atomic E-state index is -0.257. The first-order valence-corrected chi connectivity index (χ1v) is 6.41. The molecule has 1 aromatic rings. The molecule has 2 nitrogen and oxygen atoms in total. The van der Waals surface area contributed by atoms with E-state index in [-0.39, 0.29) is 5.82 Å². The maximum Gasteiger partial charge on any atom is 0.125 e. The number of hydrogen-bond donors (Lipinski definition) is 1. The molecule has 2 atom stereocenters. The average molecular weight is 236 g/mol. The normalized spacial score (nSPS) is 25.4. The Morgan fingerprint density at radius 1 is 1.41 bits per heavy atom. The van der Waals surface area contributed by atoms with Crippen LogP contribution in [-0.4, -0.2) is 17.0 Å². The van der Waals surface area contributed by atoms with Gasteiger partial charge < -0.3 is 5.73 Å². The van der Waals surface area contributed by atoms with Gasteiger partial charge in [0.25, 0.3) is 0 Å². The summed E-state index contributed by atoms with van der Waals surface area (Å²) in [6, 6.07) is 5.96. The van der Waals surface area contributed by atoms with Gasteiger partial charge in [0, 0.05) is 24.3 Å². The van der Waals surface area contributed by atoms with Crippen LogP contribution in [0, 0.1) is 5.82 Å². The molecule has 94 valence electrons. The second-order valence-corrected chi connectivity index (χ2v) is 5.00. The maximum atomic E-state index is 13.0. The number of benzene rings is 1. The van der Waals surface area contributed by atoms with Gasteiger partial charge in [0.1, 0.15) is 5.82 Å². The van der Waals surface area contributed by atoms with E-state index < -0.39 is 0 Å². The molecule has 0 spiro atoms. The Kier molecular flexibility index (Phi) is 3.67. The molecule has 2 unspecified atom stereocenters. The van der Waals surface area contributed by atoms with E-state index >= 15 is 0 Å². The number of anilines is 1. The molecule has 2 N–H and O–H groups in total. The van der Waals surface area contributed by atoms with E-state index in [0.717, 1.165) is 12.1 Å². The van der Waals surface area contributed by atoms with E-state index in [1.165, 1.54) is 31.4 Å². The number of likely N-dealkylation sites (tertiary alicyclic amines) is 1. The number of halogens is 1. The van der Waals surface area contributed by atoms with E-state index in [1.54, 1.807) is 0 Å². The zero-order chi connectivity index (χ0) is 12.4. The molecule has 0 amide bonds. The summed E-state index contributed by atoms with van der Waals surface area (Å²) < 4.78 is 13.0. The molecule has 0 bridgehead atoms. The molecule has 1 aliphatic heterocycles. The summed E-state index contributed by atoms with van der Waals surface area (Å²) in [5.74, 6) is -0.257. The van der Waals surface area contributed by atoms with Crippen molar-refractivity contribution >= 4 is 5.69 Å². The van der Waals surface area contributed by atoms with E-state index in [2.05, 4.69) is 18.7 Å². The highest BCUT2D eigenvalue weighted by Gasteiger charge is 2.29. The van der Waals surface area contributed by atoms with Gasteiger partial charge in [0.05, 0.1) is 0 Å². The zero-order valence-electron chi connectivity index (χ0n) is 10.6. The third kappa shape index (κ3) is 2.60. The first-order valence-electron chi connectivity index (χ1n) is 6.41. The van der Waals surface area contributed by atoms with Crippen molar-refractivity contribution < 1.29 is 4.39 Å². The number of nitrogens with two attached hydrogens (primary N) is 1. The van der Waals surface area contributed by atoms with Crippen molar-refractivity contribution in [2.24, 2.45) is 0 Å². The van der Waals surface area contributed by atoms with Crippen LogP contribution < -0.4 is 5.73 Å². The standard InChI is InChI=1S/C14H21FN2/c1-3-13-7-4-10(2)17(13)9-11-5-6-12(15)8-14(11)16/h5-6,8,10,13H,3-4,7,9,16H2,1-2H3. The molecular formula is C14H21FN2. The molecule has 1 aromatic carbocycles. The Morgan fingerprint density at radius 3 is 2.82 bits per heavy atom. The van der Waals surface area contributed by atoms with Gasteiger partial charge >= 0.3 is 0 Å². The maximum absolute atomic E-state index is 13.0. The van der Waals surface area contributed by atoms with Crippen molar-refractivity contribution in [3.8, 4) is 0 Å². The van der Waals surface area contributed by atoms with E-state index in [1.807, 2.05) is 6.07 Å². The Bertz CT molecular complexity index is 392. The predicted molar refractivity (Wildman–Crippen MR) is 69.1 cm³/mol.